The molecule has 57 heavy (non-hydrogen) atoms. The van der Waals surface area contributed by atoms with E-state index in [0.717, 1.165) is 17.2 Å². The maximum absolute atomic E-state index is 9.99. The Labute approximate surface area is 364 Å². The lowest BCUT2D eigenvalue weighted by Crippen LogP contribution is -3.61. The van der Waals surface area contributed by atoms with Crippen LogP contribution in [0.5, 0.6) is 17.2 Å². The molecule has 0 aliphatic heterocycles. The highest BCUT2D eigenvalue weighted by Gasteiger charge is 2.16. The van der Waals surface area contributed by atoms with Gasteiger partial charge < -0.3 is 42.6 Å². The van der Waals surface area contributed by atoms with E-state index in [1.54, 1.807) is 21.3 Å². The molecule has 3 unspecified atom stereocenters. The molecule has 0 aliphatic rings. The third-order valence-corrected chi connectivity index (χ3v) is 14.1. The number of hydrogen-bond acceptors (Lipinski definition) is 9. The molecule has 18 heteroatoms. The second-order valence-electron chi connectivity index (χ2n) is 9.86. The van der Waals surface area contributed by atoms with Crippen molar-refractivity contribution in [3.63, 3.8) is 0 Å². The van der Waals surface area contributed by atoms with Crippen LogP contribution in [0.1, 0.15) is 0 Å². The molecule has 0 aliphatic carbocycles. The van der Waals surface area contributed by atoms with E-state index in [4.69, 9.17) is 42.6 Å². The van der Waals surface area contributed by atoms with Gasteiger partial charge in [-0.15, -0.1) is 0 Å². The van der Waals surface area contributed by atoms with Crippen LogP contribution in [0, 0.1) is 21.4 Å². The second-order valence-corrected chi connectivity index (χ2v) is 20.4. The van der Waals surface area contributed by atoms with Crippen molar-refractivity contribution in [3.05, 3.63) is 185 Å². The van der Waals surface area contributed by atoms with Crippen LogP contribution in [0.15, 0.2) is 164 Å². The van der Waals surface area contributed by atoms with Crippen molar-refractivity contribution >= 4 is 25.0 Å². The molecular formula is C39H39F3I3O9P3. The zero-order valence-corrected chi connectivity index (χ0v) is 40.0. The summed E-state index contributed by atoms with van der Waals surface area (Å²) in [7, 11) is -6.55. The first kappa shape index (κ1) is 52.3. The molecule has 0 fully saturated rings. The topological polar surface area (TPSA) is 148 Å². The number of halogens is 6. The Morgan fingerprint density at radius 3 is 0.667 bits per heavy atom. The molecule has 0 saturated heterocycles. The van der Waals surface area contributed by atoms with Crippen molar-refractivity contribution in [2.45, 2.75) is 0 Å². The predicted molar refractivity (Wildman–Crippen MR) is 201 cm³/mol. The van der Waals surface area contributed by atoms with Crippen molar-refractivity contribution < 1.29 is 119 Å². The van der Waals surface area contributed by atoms with E-state index in [-0.39, 0.29) is 63.6 Å². The van der Waals surface area contributed by atoms with Gasteiger partial charge in [-0.2, -0.15) is 0 Å². The van der Waals surface area contributed by atoms with Gasteiger partial charge in [0.05, 0.1) is 21.3 Å². The van der Waals surface area contributed by atoms with E-state index in [1.807, 2.05) is 36.4 Å². The Bertz CT molecular complexity index is 1730. The largest absolute Gasteiger partial charge is 0.777 e. The number of hydrogen-bond donors (Lipinski definition) is 0. The van der Waals surface area contributed by atoms with Gasteiger partial charge in [0.2, 0.25) is 0 Å². The van der Waals surface area contributed by atoms with Crippen LogP contribution in [0.25, 0.3) is 0 Å². The highest BCUT2D eigenvalue weighted by molar-refractivity contribution is 7.30. The van der Waals surface area contributed by atoms with E-state index < -0.39 is 25.0 Å². The Kier molecular flexibility index (Phi) is 30.4. The molecule has 0 heterocycles. The summed E-state index contributed by atoms with van der Waals surface area (Å²) in [6.07, 6.45) is 0. The van der Waals surface area contributed by atoms with Crippen LogP contribution in [-0.2, 0) is 13.7 Å². The summed E-state index contributed by atoms with van der Waals surface area (Å²) < 4.78 is 79.2. The zero-order valence-electron chi connectivity index (χ0n) is 30.5. The van der Waals surface area contributed by atoms with Gasteiger partial charge >= 0.3 is 63.6 Å². The van der Waals surface area contributed by atoms with Gasteiger partial charge in [-0.25, -0.2) is 12.6 Å². The van der Waals surface area contributed by atoms with Gasteiger partial charge in [-0.1, -0.05) is 54.6 Å². The molecule has 9 nitrogen and oxygen atoms in total. The lowest BCUT2D eigenvalue weighted by atomic mass is 10.3. The van der Waals surface area contributed by atoms with E-state index in [9.17, 15) is 12.6 Å². The van der Waals surface area contributed by atoms with E-state index in [0.29, 0.717) is 0 Å². The molecule has 6 rings (SSSR count). The highest BCUT2D eigenvalue weighted by atomic mass is 127. The summed E-state index contributed by atoms with van der Waals surface area (Å²) in [5.74, 6) is 2.78. The van der Waals surface area contributed by atoms with Crippen molar-refractivity contribution in [1.29, 1.82) is 0 Å². The first-order valence-corrected chi connectivity index (χ1v) is 26.0. The minimum absolute atomic E-state index is 0.0449. The summed E-state index contributed by atoms with van der Waals surface area (Å²) in [5.41, 5.74) is 0. The molecular weight excluding hydrogens is 1140 g/mol. The highest BCUT2D eigenvalue weighted by Crippen LogP contribution is 2.08. The number of benzene rings is 6. The molecule has 0 saturated carbocycles. The minimum Gasteiger partial charge on any atom is -0.777 e. The molecule has 0 N–H and O–H groups in total. The van der Waals surface area contributed by atoms with E-state index in [1.165, 1.54) is 21.4 Å². The third-order valence-electron chi connectivity index (χ3n) is 6.00. The Balaban J connectivity index is 0.000000374. The average Bonchev–Trinajstić information content (AvgIpc) is 3.20. The maximum atomic E-state index is 9.99. The lowest BCUT2D eigenvalue weighted by molar-refractivity contribution is -0.597. The molecule has 6 aromatic rings. The summed E-state index contributed by atoms with van der Waals surface area (Å²) in [5, 5.41) is 0. The fourth-order valence-corrected chi connectivity index (χ4v) is 10.4. The first-order chi connectivity index (χ1) is 27.3. The smallest absolute Gasteiger partial charge is 0.357 e. The monoisotopic (exact) mass is 1180 g/mol. The number of rotatable bonds is 9. The average molecular weight is 1180 g/mol. The zero-order chi connectivity index (χ0) is 42.3. The van der Waals surface area contributed by atoms with E-state index >= 15 is 0 Å². The number of methoxy groups -OCH3 is 3. The second kappa shape index (κ2) is 33.1. The third kappa shape index (κ3) is 29.2. The molecule has 6 aromatic carbocycles. The Morgan fingerprint density at radius 1 is 0.351 bits per heavy atom. The SMILES string of the molecule is COc1ccc([I+]c2ccccc2)cc1.COc1ccc([I+]c2ccccc2)cc1.COc1ccc([I+]c2ccccc2)cc1.O=[PH]([O-])F.O=[PH]([O-])F.O=[PH]([O-])F. The summed E-state index contributed by atoms with van der Waals surface area (Å²) >= 11 is -0.135. The summed E-state index contributed by atoms with van der Waals surface area (Å²) in [6.45, 7) is 0. The Morgan fingerprint density at radius 2 is 0.509 bits per heavy atom. The van der Waals surface area contributed by atoms with Crippen LogP contribution < -0.4 is 92.5 Å². The molecule has 0 amide bonds. The van der Waals surface area contributed by atoms with Crippen molar-refractivity contribution in [2.75, 3.05) is 21.3 Å². The quantitative estimate of drug-likeness (QED) is 0.126. The summed E-state index contributed by atoms with van der Waals surface area (Å²) in [4.78, 5) is 25.2. The van der Waals surface area contributed by atoms with Crippen LogP contribution in [0.4, 0.5) is 12.6 Å². The van der Waals surface area contributed by atoms with Crippen LogP contribution in [-0.4, -0.2) is 21.3 Å². The fraction of sp³-hybridized carbons (Fsp3) is 0.0769. The van der Waals surface area contributed by atoms with Crippen LogP contribution >= 0.6 is 25.0 Å². The molecule has 0 aromatic heterocycles. The molecule has 3 atom stereocenters. The Hall–Kier alpha value is -2.73. The summed E-state index contributed by atoms with van der Waals surface area (Å²) in [6, 6.07) is 57.0. The van der Waals surface area contributed by atoms with Gasteiger partial charge in [0.1, 0.15) is 17.2 Å². The van der Waals surface area contributed by atoms with E-state index in [2.05, 4.69) is 127 Å². The van der Waals surface area contributed by atoms with Gasteiger partial charge in [0.25, 0.3) is 0 Å². The van der Waals surface area contributed by atoms with Gasteiger partial charge in [0, 0.05) is 0 Å². The van der Waals surface area contributed by atoms with Crippen molar-refractivity contribution in [1.82, 2.24) is 0 Å². The molecule has 0 spiro atoms. The molecule has 0 bridgehead atoms. The van der Waals surface area contributed by atoms with Crippen LogP contribution in [0.3, 0.4) is 0 Å². The number of ether oxygens (including phenoxy) is 3. The van der Waals surface area contributed by atoms with Gasteiger partial charge in [0.15, 0.2) is 46.4 Å². The van der Waals surface area contributed by atoms with Crippen molar-refractivity contribution in [3.8, 4) is 17.2 Å². The normalized spacial score (nSPS) is 11.1. The first-order valence-electron chi connectivity index (χ1n) is 16.0. The van der Waals surface area contributed by atoms with Crippen LogP contribution in [0.2, 0.25) is 0 Å². The fourth-order valence-electron chi connectivity index (χ4n) is 3.71. The minimum atomic E-state index is -3.88. The molecule has 0 radical (unpaired) electrons. The van der Waals surface area contributed by atoms with Gasteiger partial charge in [-0.3, -0.25) is 0 Å². The predicted octanol–water partition coefficient (Wildman–Crippen LogP) is -1.41. The standard InChI is InChI=1S/3C13H12IO.3FH2O2P/c3*1-15-13-9-7-12(8-10-13)14-11-5-3-2-4-6-11;3*1-4(2)3/h3*2-10H,1H3;3*4H,(H,2,3)/q3*+1;;;/p-3. The maximum Gasteiger partial charge on any atom is 0.357 e. The molecule has 306 valence electrons. The lowest BCUT2D eigenvalue weighted by Gasteiger charge is -1.95. The van der Waals surface area contributed by atoms with Gasteiger partial charge in [-0.05, 0) is 109 Å². The van der Waals surface area contributed by atoms with Crippen molar-refractivity contribution in [2.24, 2.45) is 0 Å².